The van der Waals surface area contributed by atoms with E-state index in [1.54, 1.807) is 55.6 Å². The van der Waals surface area contributed by atoms with E-state index >= 15 is 0 Å². The molecule has 0 radical (unpaired) electrons. The number of ketones is 1. The lowest BCUT2D eigenvalue weighted by Crippen LogP contribution is -2.39. The number of hydrogen-bond acceptors (Lipinski definition) is 9. The summed E-state index contributed by atoms with van der Waals surface area (Å²) >= 11 is 11.3. The number of likely N-dealkylation sites (tertiary alicyclic amines) is 2. The molecule has 6 aromatic rings. The zero-order valence-corrected chi connectivity index (χ0v) is 36.8. The van der Waals surface area contributed by atoms with Crippen LogP contribution in [0.4, 0.5) is 14.5 Å². The second-order valence-electron chi connectivity index (χ2n) is 17.6. The van der Waals surface area contributed by atoms with E-state index < -0.39 is 12.0 Å². The molecule has 4 fully saturated rings. The van der Waals surface area contributed by atoms with Gasteiger partial charge < -0.3 is 10.8 Å². The normalized spacial score (nSPS) is 23.9. The van der Waals surface area contributed by atoms with Gasteiger partial charge in [0, 0.05) is 62.0 Å². The van der Waals surface area contributed by atoms with Crippen molar-refractivity contribution in [3.8, 4) is 0 Å². The van der Waals surface area contributed by atoms with E-state index in [2.05, 4.69) is 35.8 Å². The predicted octanol–water partition coefficient (Wildman–Crippen LogP) is 9.64. The zero-order chi connectivity index (χ0) is 44.4. The summed E-state index contributed by atoms with van der Waals surface area (Å²) in [7, 11) is 0. The van der Waals surface area contributed by atoms with Crippen LogP contribution in [0.1, 0.15) is 68.1 Å². The molecule has 328 valence electrons. The van der Waals surface area contributed by atoms with Gasteiger partial charge >= 0.3 is 5.97 Å². The third kappa shape index (κ3) is 10.3. The minimum atomic E-state index is -0.748. The number of nitrogens with two attached hydrogens (primary N) is 1. The van der Waals surface area contributed by atoms with Crippen LogP contribution < -0.4 is 5.73 Å². The Hall–Kier alpha value is -5.14. The summed E-state index contributed by atoms with van der Waals surface area (Å²) in [4.78, 5) is 45.0. The van der Waals surface area contributed by atoms with Gasteiger partial charge in [-0.05, 0) is 158 Å². The zero-order valence-electron chi connectivity index (χ0n) is 35.3. The minimum Gasteiger partial charge on any atom is -0.480 e. The Labute approximate surface area is 375 Å². The molecule has 6 heterocycles. The van der Waals surface area contributed by atoms with Crippen molar-refractivity contribution in [1.29, 1.82) is 0 Å². The Bertz CT molecular complexity index is 2540. The number of aliphatic carboxylic acids is 1. The number of Topliss-reactive ketones (excluding diaryl/α,β-unsaturated/α-hetero) is 1. The maximum atomic E-state index is 13.8. The molecule has 63 heavy (non-hydrogen) atoms. The molecule has 4 aromatic heterocycles. The fourth-order valence-electron chi connectivity index (χ4n) is 10.4. The number of pyridine rings is 4. The molecular weight excluding hydrogens is 843 g/mol. The Morgan fingerprint density at radius 1 is 0.667 bits per heavy atom. The molecule has 10 rings (SSSR count). The molecule has 4 unspecified atom stereocenters. The number of carboxylic acids is 1. The van der Waals surface area contributed by atoms with E-state index in [0.717, 1.165) is 79.2 Å². The van der Waals surface area contributed by atoms with Gasteiger partial charge in [-0.3, -0.25) is 29.4 Å². The first kappa shape index (κ1) is 44.5. The molecule has 2 saturated heterocycles. The van der Waals surface area contributed by atoms with Crippen molar-refractivity contribution in [2.75, 3.05) is 31.9 Å². The highest BCUT2D eigenvalue weighted by atomic mass is 35.5. The van der Waals surface area contributed by atoms with Gasteiger partial charge in [-0.25, -0.2) is 18.7 Å². The summed E-state index contributed by atoms with van der Waals surface area (Å²) in [5, 5.41) is 12.0. The third-order valence-corrected chi connectivity index (χ3v) is 14.2. The van der Waals surface area contributed by atoms with Gasteiger partial charge in [-0.15, -0.1) is 0 Å². The first-order valence-electron chi connectivity index (χ1n) is 21.6. The average Bonchev–Trinajstić information content (AvgIpc) is 4.06. The molecule has 2 aliphatic carbocycles. The van der Waals surface area contributed by atoms with Crippen molar-refractivity contribution in [1.82, 2.24) is 29.7 Å². The highest BCUT2D eigenvalue weighted by Gasteiger charge is 2.45. The molecule has 2 aromatic carbocycles. The lowest BCUT2D eigenvalue weighted by Gasteiger charge is -2.25. The first-order valence-corrected chi connectivity index (χ1v) is 22.3. The number of carbonyl (C=O) groups is 2. The quantitative estimate of drug-likeness (QED) is 0.142. The van der Waals surface area contributed by atoms with E-state index in [1.807, 2.05) is 31.5 Å². The molecule has 10 nitrogen and oxygen atoms in total. The Morgan fingerprint density at radius 2 is 1.13 bits per heavy atom. The largest absolute Gasteiger partial charge is 0.480 e. The molecule has 3 N–H and O–H groups in total. The van der Waals surface area contributed by atoms with Gasteiger partial charge in [0.1, 0.15) is 28.0 Å². The number of carbonyl (C=O) groups excluding carboxylic acids is 1. The number of aromatic nitrogens is 4. The summed E-state index contributed by atoms with van der Waals surface area (Å²) in [5.74, 6) is 2.10. The summed E-state index contributed by atoms with van der Waals surface area (Å²) in [5.41, 5.74) is 10.9. The maximum Gasteiger partial charge on any atom is 0.320 e. The lowest BCUT2D eigenvalue weighted by atomic mass is 9.92. The van der Waals surface area contributed by atoms with Gasteiger partial charge in [0.2, 0.25) is 0 Å². The number of hydrogen-bond donors (Lipinski definition) is 2. The predicted molar refractivity (Wildman–Crippen MR) is 243 cm³/mol. The van der Waals surface area contributed by atoms with Crippen LogP contribution >= 0.6 is 23.2 Å². The Kier molecular flexibility index (Phi) is 13.6. The number of nitrogens with zero attached hydrogens (tertiary/aromatic N) is 6. The van der Waals surface area contributed by atoms with Crippen molar-refractivity contribution < 1.29 is 23.5 Å². The lowest BCUT2D eigenvalue weighted by molar-refractivity contribution is -0.142. The maximum absolute atomic E-state index is 13.8. The number of carboxylic acid groups (broad SMARTS) is 1. The summed E-state index contributed by atoms with van der Waals surface area (Å²) in [6.45, 7) is 7.38. The van der Waals surface area contributed by atoms with Crippen LogP contribution in [0.2, 0.25) is 10.3 Å². The monoisotopic (exact) mass is 893 g/mol. The topological polar surface area (TPSA) is 138 Å². The highest BCUT2D eigenvalue weighted by molar-refractivity contribution is 6.29. The van der Waals surface area contributed by atoms with Crippen molar-refractivity contribution in [3.05, 3.63) is 136 Å². The Morgan fingerprint density at radius 3 is 1.54 bits per heavy atom. The molecule has 2 aliphatic heterocycles. The third-order valence-electron chi connectivity index (χ3n) is 13.7. The minimum absolute atomic E-state index is 0.101. The van der Waals surface area contributed by atoms with Gasteiger partial charge in [0.25, 0.3) is 0 Å². The van der Waals surface area contributed by atoms with Crippen LogP contribution in [-0.2, 0) is 16.0 Å². The number of fused-ring (bicyclic) bond motifs is 4. The molecule has 2 saturated carbocycles. The smallest absolute Gasteiger partial charge is 0.320 e. The van der Waals surface area contributed by atoms with E-state index in [0.29, 0.717) is 57.9 Å². The van der Waals surface area contributed by atoms with E-state index in [1.165, 1.54) is 29.5 Å². The second-order valence-corrected chi connectivity index (χ2v) is 18.4. The van der Waals surface area contributed by atoms with Crippen molar-refractivity contribution in [2.45, 2.75) is 69.9 Å². The van der Waals surface area contributed by atoms with Crippen molar-refractivity contribution >= 4 is 62.4 Å². The van der Waals surface area contributed by atoms with E-state index in [-0.39, 0.29) is 23.5 Å². The van der Waals surface area contributed by atoms with Gasteiger partial charge in [0.15, 0.2) is 5.78 Å². The molecule has 4 aliphatic rings. The fourth-order valence-corrected chi connectivity index (χ4v) is 10.6. The second kappa shape index (κ2) is 19.3. The molecule has 0 bridgehead atoms. The Balaban J connectivity index is 0.000000150. The van der Waals surface area contributed by atoms with Crippen LogP contribution in [0.15, 0.2) is 97.6 Å². The van der Waals surface area contributed by atoms with Gasteiger partial charge in [-0.2, -0.15) is 0 Å². The molecule has 8 atom stereocenters. The highest BCUT2D eigenvalue weighted by Crippen LogP contribution is 2.49. The number of nitrogen functional groups attached to an aromatic ring is 1. The number of benzene rings is 2. The number of anilines is 1. The molecule has 14 heteroatoms. The molecular formula is C49H51Cl2F2N7O3. The molecule has 0 amide bonds. The molecule has 0 spiro atoms. The van der Waals surface area contributed by atoms with Crippen molar-refractivity contribution in [2.24, 2.45) is 23.7 Å². The fraction of sp³-hybridized carbons (Fsp3) is 0.388. The SMILES string of the molecule is CC(C(=O)Cc1ccc(Cl)nc1)N1C[C@H]2CC(c3ccnc4ccc(F)cc34)C[C@H]2C1.CC(C(=O)O)N1C[C@H]2CC(c3ccnc4ccc(F)cc34)C[C@H]2C1.Nc1ccc(Cl)nc1. The first-order chi connectivity index (χ1) is 30.3. The van der Waals surface area contributed by atoms with Crippen LogP contribution in [0.25, 0.3) is 21.8 Å². The standard InChI is InChI=1S/C25H25ClFN3O.C19H21FN2O2.C5H5ClN2/c1-15(24(31)8-16-2-5-25(26)29-12-16)30-13-18-9-17(10-19(18)14-30)21-6-7-28-23-4-3-20(27)11-22(21)23;1-11(19(23)24)22-9-13-6-12(7-14(13)10-22)16-4-5-21-18-3-2-15(20)8-17(16)18;6-5-2-1-4(7)3-8-5/h2-7,11-12,15,17-19H,8-10,13-14H2,1H3;2-5,8,11-14H,6-7,9-10H2,1H3,(H,23,24);1-3H,7H2/t15?,17?,18-,19+;11?,12?,13-,14+;. The summed E-state index contributed by atoms with van der Waals surface area (Å²) in [6.07, 6.45) is 11.5. The van der Waals surface area contributed by atoms with E-state index in [4.69, 9.17) is 28.9 Å². The van der Waals surface area contributed by atoms with Crippen LogP contribution in [0.3, 0.4) is 0 Å². The number of rotatable bonds is 8. The summed E-state index contributed by atoms with van der Waals surface area (Å²) in [6, 6.07) is 20.1. The van der Waals surface area contributed by atoms with Crippen molar-refractivity contribution in [3.63, 3.8) is 0 Å². The number of halogens is 4. The summed E-state index contributed by atoms with van der Waals surface area (Å²) < 4.78 is 27.5. The van der Waals surface area contributed by atoms with Crippen LogP contribution in [0.5, 0.6) is 0 Å². The van der Waals surface area contributed by atoms with Crippen LogP contribution in [0, 0.1) is 35.3 Å². The van der Waals surface area contributed by atoms with Gasteiger partial charge in [0.05, 0.1) is 29.0 Å². The van der Waals surface area contributed by atoms with Gasteiger partial charge in [-0.1, -0.05) is 29.3 Å². The average molecular weight is 895 g/mol. The van der Waals surface area contributed by atoms with E-state index in [9.17, 15) is 23.5 Å². The van der Waals surface area contributed by atoms with Crippen LogP contribution in [-0.4, -0.2) is 84.9 Å².